The lowest BCUT2D eigenvalue weighted by atomic mass is 10.1. The number of hydrogen-bond acceptors (Lipinski definition) is 2. The van der Waals surface area contributed by atoms with Gasteiger partial charge in [0.15, 0.2) is 0 Å². The standard InChI is InChI=1S/C10H17Cl2NO/c1-8(14)5-10-3-2-4-13(10)7-9(12)6-11/h6,8,10,14H,2-5,7H2,1H3. The SMILES string of the molecule is CC(O)CC1CCCN1CC(Cl)=CCl. The fourth-order valence-corrected chi connectivity index (χ4v) is 2.22. The van der Waals surface area contributed by atoms with Crippen LogP contribution in [0.5, 0.6) is 0 Å². The van der Waals surface area contributed by atoms with E-state index < -0.39 is 0 Å². The van der Waals surface area contributed by atoms with Gasteiger partial charge in [0.25, 0.3) is 0 Å². The summed E-state index contributed by atoms with van der Waals surface area (Å²) in [6.07, 6.45) is 2.92. The van der Waals surface area contributed by atoms with Crippen molar-refractivity contribution in [1.82, 2.24) is 4.90 Å². The monoisotopic (exact) mass is 237 g/mol. The fourth-order valence-electron chi connectivity index (χ4n) is 1.99. The fraction of sp³-hybridized carbons (Fsp3) is 0.800. The molecule has 0 aromatic rings. The van der Waals surface area contributed by atoms with Gasteiger partial charge in [0, 0.05) is 23.2 Å². The highest BCUT2D eigenvalue weighted by molar-refractivity contribution is 6.36. The first-order valence-electron chi connectivity index (χ1n) is 5.00. The first-order chi connectivity index (χ1) is 6.63. The molecule has 0 bridgehead atoms. The molecule has 0 aromatic heterocycles. The van der Waals surface area contributed by atoms with Crippen molar-refractivity contribution in [3.05, 3.63) is 10.6 Å². The van der Waals surface area contributed by atoms with Crippen LogP contribution in [0.2, 0.25) is 0 Å². The van der Waals surface area contributed by atoms with E-state index in [-0.39, 0.29) is 6.10 Å². The molecule has 1 rings (SSSR count). The van der Waals surface area contributed by atoms with Gasteiger partial charge in [0.05, 0.1) is 6.10 Å². The summed E-state index contributed by atoms with van der Waals surface area (Å²) in [5.41, 5.74) is 1.42. The van der Waals surface area contributed by atoms with Gasteiger partial charge in [-0.3, -0.25) is 4.90 Å². The van der Waals surface area contributed by atoms with E-state index in [1.807, 2.05) is 6.92 Å². The molecule has 1 heterocycles. The Morgan fingerprint density at radius 2 is 2.43 bits per heavy atom. The number of nitrogens with zero attached hydrogens (tertiary/aromatic N) is 1. The van der Waals surface area contributed by atoms with Crippen LogP contribution in [-0.4, -0.2) is 35.2 Å². The van der Waals surface area contributed by atoms with Gasteiger partial charge in [-0.25, -0.2) is 0 Å². The zero-order chi connectivity index (χ0) is 10.6. The molecule has 0 amide bonds. The van der Waals surface area contributed by atoms with Crippen molar-refractivity contribution in [2.24, 2.45) is 0 Å². The minimum Gasteiger partial charge on any atom is -0.393 e. The quantitative estimate of drug-likeness (QED) is 0.813. The van der Waals surface area contributed by atoms with Gasteiger partial charge in [-0.1, -0.05) is 23.2 Å². The minimum atomic E-state index is -0.237. The van der Waals surface area contributed by atoms with E-state index in [9.17, 15) is 5.11 Å². The molecule has 0 aromatic carbocycles. The number of hydrogen-bond donors (Lipinski definition) is 1. The third-order valence-electron chi connectivity index (χ3n) is 2.58. The Morgan fingerprint density at radius 3 is 3.00 bits per heavy atom. The van der Waals surface area contributed by atoms with Crippen molar-refractivity contribution in [2.45, 2.75) is 38.3 Å². The lowest BCUT2D eigenvalue weighted by Crippen LogP contribution is -2.32. The lowest BCUT2D eigenvalue weighted by Gasteiger charge is -2.24. The highest BCUT2D eigenvalue weighted by Crippen LogP contribution is 2.23. The molecule has 82 valence electrons. The average molecular weight is 238 g/mol. The summed E-state index contributed by atoms with van der Waals surface area (Å²) >= 11 is 11.4. The Hall–Kier alpha value is 0.240. The Balaban J connectivity index is 2.43. The topological polar surface area (TPSA) is 23.5 Å². The van der Waals surface area contributed by atoms with Crippen molar-refractivity contribution >= 4 is 23.2 Å². The van der Waals surface area contributed by atoms with Crippen LogP contribution >= 0.6 is 23.2 Å². The molecule has 2 nitrogen and oxygen atoms in total. The predicted molar refractivity (Wildman–Crippen MR) is 60.7 cm³/mol. The van der Waals surface area contributed by atoms with E-state index >= 15 is 0 Å². The molecule has 1 N–H and O–H groups in total. The molecular weight excluding hydrogens is 221 g/mol. The zero-order valence-corrected chi connectivity index (χ0v) is 9.93. The van der Waals surface area contributed by atoms with Crippen molar-refractivity contribution in [1.29, 1.82) is 0 Å². The van der Waals surface area contributed by atoms with E-state index in [1.165, 1.54) is 12.0 Å². The van der Waals surface area contributed by atoms with Gasteiger partial charge in [-0.05, 0) is 32.7 Å². The number of halogens is 2. The molecular formula is C10H17Cl2NO. The van der Waals surface area contributed by atoms with Crippen LogP contribution in [0, 0.1) is 0 Å². The highest BCUT2D eigenvalue weighted by Gasteiger charge is 2.25. The van der Waals surface area contributed by atoms with Crippen LogP contribution in [0.4, 0.5) is 0 Å². The second-order valence-electron chi connectivity index (χ2n) is 3.91. The van der Waals surface area contributed by atoms with Crippen molar-refractivity contribution in [3.63, 3.8) is 0 Å². The summed E-state index contributed by atoms with van der Waals surface area (Å²) in [4.78, 5) is 2.29. The third-order valence-corrected chi connectivity index (χ3v) is 3.19. The van der Waals surface area contributed by atoms with Crippen LogP contribution in [0.15, 0.2) is 10.6 Å². The largest absolute Gasteiger partial charge is 0.393 e. The molecule has 1 aliphatic rings. The van der Waals surface area contributed by atoms with Crippen LogP contribution < -0.4 is 0 Å². The van der Waals surface area contributed by atoms with Crippen LogP contribution in [-0.2, 0) is 0 Å². The predicted octanol–water partition coefficient (Wildman–Crippen LogP) is 2.54. The Labute approximate surface area is 95.5 Å². The van der Waals surface area contributed by atoms with Gasteiger partial charge in [0.1, 0.15) is 0 Å². The molecule has 4 heteroatoms. The maximum absolute atomic E-state index is 9.32. The molecule has 1 aliphatic heterocycles. The summed E-state index contributed by atoms with van der Waals surface area (Å²) in [6.45, 7) is 3.59. The Morgan fingerprint density at radius 1 is 1.71 bits per heavy atom. The van der Waals surface area contributed by atoms with E-state index in [2.05, 4.69) is 4.90 Å². The maximum atomic E-state index is 9.32. The van der Waals surface area contributed by atoms with Gasteiger partial charge in [-0.2, -0.15) is 0 Å². The molecule has 0 radical (unpaired) electrons. The van der Waals surface area contributed by atoms with E-state index in [4.69, 9.17) is 23.2 Å². The Bertz CT molecular complexity index is 206. The average Bonchev–Trinajstić information content (AvgIpc) is 2.52. The van der Waals surface area contributed by atoms with Gasteiger partial charge in [0.2, 0.25) is 0 Å². The summed E-state index contributed by atoms with van der Waals surface area (Å²) in [5, 5.41) is 9.99. The van der Waals surface area contributed by atoms with E-state index in [0.717, 1.165) is 19.4 Å². The smallest absolute Gasteiger partial charge is 0.0527 e. The van der Waals surface area contributed by atoms with E-state index in [0.29, 0.717) is 17.6 Å². The highest BCUT2D eigenvalue weighted by atomic mass is 35.5. The second kappa shape index (κ2) is 5.96. The summed E-state index contributed by atoms with van der Waals surface area (Å²) in [7, 11) is 0. The molecule has 0 aliphatic carbocycles. The summed E-state index contributed by atoms with van der Waals surface area (Å²) < 4.78 is 0. The molecule has 2 atom stereocenters. The molecule has 1 fully saturated rings. The van der Waals surface area contributed by atoms with Crippen LogP contribution in [0.1, 0.15) is 26.2 Å². The van der Waals surface area contributed by atoms with Gasteiger partial charge >= 0.3 is 0 Å². The van der Waals surface area contributed by atoms with Crippen molar-refractivity contribution < 1.29 is 5.11 Å². The number of aliphatic hydroxyl groups excluding tert-OH is 1. The molecule has 0 spiro atoms. The van der Waals surface area contributed by atoms with Crippen molar-refractivity contribution in [3.8, 4) is 0 Å². The maximum Gasteiger partial charge on any atom is 0.0527 e. The van der Waals surface area contributed by atoms with Gasteiger partial charge < -0.3 is 5.11 Å². The summed E-state index contributed by atoms with van der Waals surface area (Å²) in [5.74, 6) is 0. The summed E-state index contributed by atoms with van der Waals surface area (Å²) in [6, 6.07) is 0.459. The van der Waals surface area contributed by atoms with Gasteiger partial charge in [-0.15, -0.1) is 0 Å². The molecule has 2 unspecified atom stereocenters. The number of likely N-dealkylation sites (tertiary alicyclic amines) is 1. The van der Waals surface area contributed by atoms with E-state index in [1.54, 1.807) is 0 Å². The van der Waals surface area contributed by atoms with Crippen LogP contribution in [0.25, 0.3) is 0 Å². The zero-order valence-electron chi connectivity index (χ0n) is 8.42. The lowest BCUT2D eigenvalue weighted by molar-refractivity contribution is 0.139. The first-order valence-corrected chi connectivity index (χ1v) is 5.81. The second-order valence-corrected chi connectivity index (χ2v) is 4.61. The minimum absolute atomic E-state index is 0.237. The number of rotatable bonds is 4. The normalized spacial score (nSPS) is 26.9. The number of aliphatic hydroxyl groups is 1. The third kappa shape index (κ3) is 3.77. The molecule has 1 saturated heterocycles. The first kappa shape index (κ1) is 12.3. The van der Waals surface area contributed by atoms with Crippen molar-refractivity contribution in [2.75, 3.05) is 13.1 Å². The Kier molecular flexibility index (Phi) is 5.24. The molecule has 0 saturated carbocycles. The molecule has 14 heavy (non-hydrogen) atoms. The van der Waals surface area contributed by atoms with Crippen LogP contribution in [0.3, 0.4) is 0 Å².